The van der Waals surface area contributed by atoms with Crippen molar-refractivity contribution in [2.45, 2.75) is 32.4 Å². The molecule has 3 aromatic rings. The molecule has 0 aliphatic carbocycles. The standard InChI is InChI=1S/C31H33NO4/c1-4-27-28-17-25(34)10-13-29(28)36-31(30(27)23-6-5-7-24(33)16-23)22-8-11-26(12-9-22)35-19-21(3)32-15-14-20(2)18-32/h4-13,16-17,20-21,31,33-34H,1,14-15,18-19H2,2-3H3/t20-,21+,31?/m1/s1. The van der Waals surface area contributed by atoms with Crippen LogP contribution in [0, 0.1) is 5.92 Å². The maximum Gasteiger partial charge on any atom is 0.150 e. The zero-order valence-electron chi connectivity index (χ0n) is 20.9. The highest BCUT2D eigenvalue weighted by Gasteiger charge is 2.30. The molecule has 2 aliphatic rings. The van der Waals surface area contributed by atoms with Crippen LogP contribution in [0.2, 0.25) is 0 Å². The lowest BCUT2D eigenvalue weighted by Crippen LogP contribution is -2.35. The fraction of sp³-hybridized carbons (Fsp3) is 0.290. The van der Waals surface area contributed by atoms with Gasteiger partial charge >= 0.3 is 0 Å². The van der Waals surface area contributed by atoms with Crippen molar-refractivity contribution >= 4 is 11.1 Å². The van der Waals surface area contributed by atoms with E-state index in [4.69, 9.17) is 9.47 Å². The molecule has 0 bridgehead atoms. The minimum Gasteiger partial charge on any atom is -0.508 e. The van der Waals surface area contributed by atoms with Crippen molar-refractivity contribution in [1.82, 2.24) is 4.90 Å². The van der Waals surface area contributed by atoms with Crippen molar-refractivity contribution < 1.29 is 19.7 Å². The van der Waals surface area contributed by atoms with Crippen molar-refractivity contribution in [3.05, 3.63) is 96.1 Å². The Morgan fingerprint density at radius 2 is 1.86 bits per heavy atom. The Balaban J connectivity index is 1.44. The molecule has 0 spiro atoms. The Morgan fingerprint density at radius 1 is 1.08 bits per heavy atom. The number of nitrogens with zero attached hydrogens (tertiary/aromatic N) is 1. The highest BCUT2D eigenvalue weighted by Crippen LogP contribution is 2.48. The number of phenols is 2. The van der Waals surface area contributed by atoms with E-state index < -0.39 is 6.10 Å². The zero-order chi connectivity index (χ0) is 25.2. The number of allylic oxidation sites excluding steroid dienone is 2. The Bertz CT molecular complexity index is 1280. The topological polar surface area (TPSA) is 62.2 Å². The number of benzene rings is 3. The first-order valence-corrected chi connectivity index (χ1v) is 12.6. The van der Waals surface area contributed by atoms with Crippen LogP contribution in [0.4, 0.5) is 0 Å². The van der Waals surface area contributed by atoms with Gasteiger partial charge in [0, 0.05) is 23.7 Å². The van der Waals surface area contributed by atoms with Crippen molar-refractivity contribution in [1.29, 1.82) is 0 Å². The van der Waals surface area contributed by atoms with Gasteiger partial charge < -0.3 is 19.7 Å². The average molecular weight is 484 g/mol. The molecule has 186 valence electrons. The molecule has 0 saturated carbocycles. The van der Waals surface area contributed by atoms with E-state index in [1.54, 1.807) is 36.4 Å². The van der Waals surface area contributed by atoms with Crippen LogP contribution in [0.3, 0.4) is 0 Å². The number of hydrogen-bond donors (Lipinski definition) is 2. The van der Waals surface area contributed by atoms with Crippen LogP contribution in [-0.4, -0.2) is 40.9 Å². The molecule has 3 atom stereocenters. The summed E-state index contributed by atoms with van der Waals surface area (Å²) in [5, 5.41) is 20.3. The van der Waals surface area contributed by atoms with Gasteiger partial charge in [-0.25, -0.2) is 0 Å². The highest BCUT2D eigenvalue weighted by atomic mass is 16.5. The van der Waals surface area contributed by atoms with Gasteiger partial charge in [-0.2, -0.15) is 0 Å². The number of likely N-dealkylation sites (tertiary alicyclic amines) is 1. The molecule has 2 heterocycles. The summed E-state index contributed by atoms with van der Waals surface area (Å²) in [6, 6.07) is 20.6. The third kappa shape index (κ3) is 4.84. The van der Waals surface area contributed by atoms with E-state index in [0.717, 1.165) is 52.6 Å². The van der Waals surface area contributed by atoms with Crippen molar-refractivity contribution in [3.8, 4) is 23.0 Å². The highest BCUT2D eigenvalue weighted by molar-refractivity contribution is 6.00. The second-order valence-corrected chi connectivity index (χ2v) is 9.88. The summed E-state index contributed by atoms with van der Waals surface area (Å²) < 4.78 is 12.6. The lowest BCUT2D eigenvalue weighted by Gasteiger charge is -2.31. The Morgan fingerprint density at radius 3 is 2.56 bits per heavy atom. The van der Waals surface area contributed by atoms with Gasteiger partial charge in [0.05, 0.1) is 0 Å². The largest absolute Gasteiger partial charge is 0.508 e. The maximum atomic E-state index is 10.2. The predicted molar refractivity (Wildman–Crippen MR) is 143 cm³/mol. The molecule has 5 heteroatoms. The summed E-state index contributed by atoms with van der Waals surface area (Å²) in [5.41, 5.74) is 4.30. The minimum absolute atomic E-state index is 0.157. The van der Waals surface area contributed by atoms with E-state index >= 15 is 0 Å². The summed E-state index contributed by atoms with van der Waals surface area (Å²) in [7, 11) is 0. The van der Waals surface area contributed by atoms with Crippen LogP contribution in [0.5, 0.6) is 23.0 Å². The Labute approximate surface area is 212 Å². The molecule has 3 aromatic carbocycles. The molecule has 1 saturated heterocycles. The minimum atomic E-state index is -0.420. The number of rotatable bonds is 7. The summed E-state index contributed by atoms with van der Waals surface area (Å²) in [6.45, 7) is 11.5. The molecule has 1 fully saturated rings. The van der Waals surface area contributed by atoms with Crippen LogP contribution in [0.1, 0.15) is 43.1 Å². The fourth-order valence-electron chi connectivity index (χ4n) is 5.17. The van der Waals surface area contributed by atoms with E-state index in [0.29, 0.717) is 18.4 Å². The molecular weight excluding hydrogens is 450 g/mol. The first-order valence-electron chi connectivity index (χ1n) is 12.6. The summed E-state index contributed by atoms with van der Waals surface area (Å²) in [4.78, 5) is 2.49. The number of aromatic hydroxyl groups is 2. The number of hydrogen-bond acceptors (Lipinski definition) is 5. The molecule has 36 heavy (non-hydrogen) atoms. The average Bonchev–Trinajstić information content (AvgIpc) is 3.33. The second-order valence-electron chi connectivity index (χ2n) is 9.88. The van der Waals surface area contributed by atoms with E-state index in [1.807, 2.05) is 36.4 Å². The normalized spacial score (nSPS) is 20.5. The monoisotopic (exact) mass is 483 g/mol. The van der Waals surface area contributed by atoms with E-state index in [9.17, 15) is 10.2 Å². The molecule has 2 aliphatic heterocycles. The third-order valence-electron chi connectivity index (χ3n) is 7.16. The van der Waals surface area contributed by atoms with Crippen LogP contribution in [0.25, 0.3) is 11.1 Å². The van der Waals surface area contributed by atoms with E-state index in [1.165, 1.54) is 6.42 Å². The van der Waals surface area contributed by atoms with Crippen molar-refractivity contribution in [3.63, 3.8) is 0 Å². The van der Waals surface area contributed by atoms with Gasteiger partial charge in [-0.1, -0.05) is 43.8 Å². The van der Waals surface area contributed by atoms with Crippen molar-refractivity contribution in [2.24, 2.45) is 5.92 Å². The first kappa shape index (κ1) is 24.0. The second kappa shape index (κ2) is 10.1. The summed E-state index contributed by atoms with van der Waals surface area (Å²) in [6.07, 6.45) is 2.62. The van der Waals surface area contributed by atoms with Gasteiger partial charge in [0.25, 0.3) is 0 Å². The first-order chi connectivity index (χ1) is 17.4. The predicted octanol–water partition coefficient (Wildman–Crippen LogP) is 6.44. The van der Waals surface area contributed by atoms with Gasteiger partial charge in [-0.15, -0.1) is 0 Å². The quantitative estimate of drug-likeness (QED) is 0.405. The molecule has 1 unspecified atom stereocenters. The molecule has 2 N–H and O–H groups in total. The molecule has 0 amide bonds. The zero-order valence-corrected chi connectivity index (χ0v) is 20.9. The molecule has 0 radical (unpaired) electrons. The molecular formula is C31H33NO4. The fourth-order valence-corrected chi connectivity index (χ4v) is 5.17. The summed E-state index contributed by atoms with van der Waals surface area (Å²) >= 11 is 0. The van der Waals surface area contributed by atoms with Gasteiger partial charge in [0.15, 0.2) is 6.10 Å². The lowest BCUT2D eigenvalue weighted by molar-refractivity contribution is 0.169. The van der Waals surface area contributed by atoms with Crippen molar-refractivity contribution in [2.75, 3.05) is 19.7 Å². The number of phenolic OH excluding ortho intramolecular Hbond substituents is 2. The van der Waals surface area contributed by atoms with Gasteiger partial charge in [0.1, 0.15) is 29.6 Å². The number of ether oxygens (including phenoxy) is 2. The smallest absolute Gasteiger partial charge is 0.150 e. The Hall–Kier alpha value is -3.70. The van der Waals surface area contributed by atoms with Gasteiger partial charge in [-0.05, 0) is 85.0 Å². The van der Waals surface area contributed by atoms with Crippen LogP contribution < -0.4 is 9.47 Å². The van der Waals surface area contributed by atoms with Crippen LogP contribution in [-0.2, 0) is 0 Å². The van der Waals surface area contributed by atoms with E-state index in [-0.39, 0.29) is 11.5 Å². The third-order valence-corrected chi connectivity index (χ3v) is 7.16. The van der Waals surface area contributed by atoms with Gasteiger partial charge in [-0.3, -0.25) is 4.90 Å². The number of fused-ring (bicyclic) bond motifs is 1. The maximum absolute atomic E-state index is 10.2. The molecule has 5 nitrogen and oxygen atoms in total. The van der Waals surface area contributed by atoms with Gasteiger partial charge in [0.2, 0.25) is 0 Å². The Kier molecular flexibility index (Phi) is 6.75. The lowest BCUT2D eigenvalue weighted by atomic mass is 9.85. The van der Waals surface area contributed by atoms with E-state index in [2.05, 4.69) is 25.3 Å². The van der Waals surface area contributed by atoms with Crippen LogP contribution >= 0.6 is 0 Å². The molecule has 5 rings (SSSR count). The molecule has 0 aromatic heterocycles. The summed E-state index contributed by atoms with van der Waals surface area (Å²) in [5.74, 6) is 2.58. The SMILES string of the molecule is C=CC1=C(c2cccc(O)c2)C(c2ccc(OC[C@H](C)N3CC[C@@H](C)C3)cc2)Oc2ccc(O)cc21. The van der Waals surface area contributed by atoms with Crippen LogP contribution in [0.15, 0.2) is 79.4 Å².